The molecule has 2 aromatic carbocycles. The van der Waals surface area contributed by atoms with Crippen LogP contribution < -0.4 is 14.5 Å². The van der Waals surface area contributed by atoms with E-state index in [1.54, 1.807) is 22.9 Å². The van der Waals surface area contributed by atoms with Gasteiger partial charge in [0.1, 0.15) is 17.1 Å². The summed E-state index contributed by atoms with van der Waals surface area (Å²) in [4.78, 5) is 34.4. The smallest absolute Gasteiger partial charge is 0.277 e. The molecule has 1 fully saturated rings. The molecule has 2 aromatic heterocycles. The second-order valence-corrected chi connectivity index (χ2v) is 9.23. The minimum Gasteiger partial charge on any atom is -0.497 e. The fourth-order valence-electron chi connectivity index (χ4n) is 5.12. The van der Waals surface area contributed by atoms with Gasteiger partial charge in [-0.05, 0) is 79.9 Å². The van der Waals surface area contributed by atoms with Crippen molar-refractivity contribution >= 4 is 23.2 Å². The lowest BCUT2D eigenvalue weighted by Crippen LogP contribution is -2.39. The highest BCUT2D eigenvalue weighted by Crippen LogP contribution is 2.34. The Hall–Kier alpha value is -4.46. The number of fused-ring (bicyclic) bond motifs is 1. The number of carbonyl (C=O) groups excluding carboxylic acids is 2. The molecule has 0 atom stereocenters. The number of hydrogen-bond donors (Lipinski definition) is 0. The molecule has 0 saturated carbocycles. The first-order chi connectivity index (χ1) is 18.1. The van der Waals surface area contributed by atoms with E-state index in [0.29, 0.717) is 25.1 Å². The van der Waals surface area contributed by atoms with Crippen LogP contribution in [0.1, 0.15) is 35.3 Å². The highest BCUT2D eigenvalue weighted by atomic mass is 16.5. The molecule has 37 heavy (non-hydrogen) atoms. The van der Waals surface area contributed by atoms with E-state index in [9.17, 15) is 9.59 Å². The van der Waals surface area contributed by atoms with Crippen molar-refractivity contribution in [1.82, 2.24) is 14.8 Å². The molecule has 4 aromatic rings. The number of nitrogens with zero attached hydrogens (tertiary/aromatic N) is 5. The Balaban J connectivity index is 1.38. The molecule has 186 valence electrons. The van der Waals surface area contributed by atoms with Gasteiger partial charge in [-0.2, -0.15) is 5.10 Å². The average Bonchev–Trinajstić information content (AvgIpc) is 3.35. The topological polar surface area (TPSA) is 80.6 Å². The van der Waals surface area contributed by atoms with Crippen molar-refractivity contribution in [2.24, 2.45) is 0 Å². The predicted molar refractivity (Wildman–Crippen MR) is 141 cm³/mol. The van der Waals surface area contributed by atoms with Gasteiger partial charge in [-0.1, -0.05) is 6.07 Å². The third-order valence-electron chi connectivity index (χ3n) is 7.04. The zero-order valence-corrected chi connectivity index (χ0v) is 20.6. The maximum atomic E-state index is 14.0. The van der Waals surface area contributed by atoms with Crippen molar-refractivity contribution in [1.29, 1.82) is 0 Å². The molecule has 4 heterocycles. The number of carbonyl (C=O) groups is 2. The van der Waals surface area contributed by atoms with E-state index < -0.39 is 0 Å². The number of ether oxygens (including phenoxy) is 1. The van der Waals surface area contributed by atoms with E-state index in [4.69, 9.17) is 9.84 Å². The van der Waals surface area contributed by atoms with Crippen LogP contribution in [-0.4, -0.2) is 46.8 Å². The summed E-state index contributed by atoms with van der Waals surface area (Å²) in [6, 6.07) is 20.9. The molecule has 8 heteroatoms. The number of methoxy groups -OCH3 is 1. The molecule has 0 bridgehead atoms. The number of pyridine rings is 1. The van der Waals surface area contributed by atoms with E-state index in [0.717, 1.165) is 59.1 Å². The summed E-state index contributed by atoms with van der Waals surface area (Å²) in [7, 11) is 1.62. The summed E-state index contributed by atoms with van der Waals surface area (Å²) >= 11 is 0. The van der Waals surface area contributed by atoms with Gasteiger partial charge in [0, 0.05) is 42.6 Å². The highest BCUT2D eigenvalue weighted by Gasteiger charge is 2.34. The van der Waals surface area contributed by atoms with Crippen LogP contribution in [0.5, 0.6) is 5.75 Å². The molecular formula is C29H27N5O3. The fraction of sp³-hybridized carbons (Fsp3) is 0.241. The molecule has 0 aliphatic carbocycles. The quantitative estimate of drug-likeness (QED) is 0.404. The number of hydrogen-bond acceptors (Lipinski definition) is 5. The van der Waals surface area contributed by atoms with Crippen LogP contribution in [0.3, 0.4) is 0 Å². The Morgan fingerprint density at radius 2 is 1.51 bits per heavy atom. The molecule has 0 radical (unpaired) electrons. The minimum atomic E-state index is -0.117. The van der Waals surface area contributed by atoms with Gasteiger partial charge in [-0.3, -0.25) is 14.6 Å². The van der Waals surface area contributed by atoms with E-state index in [1.165, 1.54) is 0 Å². The van der Waals surface area contributed by atoms with Gasteiger partial charge in [0.15, 0.2) is 0 Å². The predicted octanol–water partition coefficient (Wildman–Crippen LogP) is 4.66. The number of benzene rings is 2. The Bertz CT molecular complexity index is 1450. The molecular weight excluding hydrogens is 466 g/mol. The van der Waals surface area contributed by atoms with Crippen LogP contribution in [0.4, 0.5) is 11.4 Å². The normalized spacial score (nSPS) is 15.6. The first-order valence-electron chi connectivity index (χ1n) is 12.5. The zero-order valence-electron chi connectivity index (χ0n) is 20.6. The molecule has 0 N–H and O–H groups in total. The molecule has 2 aliphatic rings. The van der Waals surface area contributed by atoms with Crippen molar-refractivity contribution in [3.8, 4) is 22.8 Å². The third-order valence-corrected chi connectivity index (χ3v) is 7.04. The van der Waals surface area contributed by atoms with Gasteiger partial charge in [0.25, 0.3) is 5.91 Å². The van der Waals surface area contributed by atoms with Crippen LogP contribution in [0.15, 0.2) is 72.9 Å². The summed E-state index contributed by atoms with van der Waals surface area (Å²) in [6.07, 6.45) is 4.92. The Morgan fingerprint density at radius 1 is 0.784 bits per heavy atom. The van der Waals surface area contributed by atoms with Crippen LogP contribution in [0.2, 0.25) is 0 Å². The Labute approximate surface area is 215 Å². The van der Waals surface area contributed by atoms with Crippen molar-refractivity contribution in [3.05, 3.63) is 84.2 Å². The summed E-state index contributed by atoms with van der Waals surface area (Å²) in [6.45, 7) is 1.27. The van der Waals surface area contributed by atoms with Crippen molar-refractivity contribution < 1.29 is 14.3 Å². The number of piperidine rings is 1. The largest absolute Gasteiger partial charge is 0.497 e. The minimum absolute atomic E-state index is 0.117. The maximum Gasteiger partial charge on any atom is 0.277 e. The molecule has 6 rings (SSSR count). The molecule has 1 saturated heterocycles. The van der Waals surface area contributed by atoms with Crippen LogP contribution in [0.25, 0.3) is 17.1 Å². The number of amides is 2. The summed E-state index contributed by atoms with van der Waals surface area (Å²) in [5.41, 5.74) is 5.33. The van der Waals surface area contributed by atoms with Crippen molar-refractivity contribution in [2.45, 2.75) is 25.7 Å². The van der Waals surface area contributed by atoms with Gasteiger partial charge >= 0.3 is 0 Å². The van der Waals surface area contributed by atoms with Crippen LogP contribution in [-0.2, 0) is 11.2 Å². The first-order valence-corrected chi connectivity index (χ1v) is 12.5. The molecule has 2 aliphatic heterocycles. The molecule has 0 spiro atoms. The monoisotopic (exact) mass is 493 g/mol. The van der Waals surface area contributed by atoms with Gasteiger partial charge < -0.3 is 14.5 Å². The van der Waals surface area contributed by atoms with Crippen molar-refractivity contribution in [3.63, 3.8) is 0 Å². The SMILES string of the molecule is COc1ccc(-n2nc(-c3ccccn3)c3c2C(=O)N(c2ccc(N4CCCCC4=O)cc2)CC3)cc1. The van der Waals surface area contributed by atoms with E-state index in [2.05, 4.69) is 4.98 Å². The standard InChI is InChI=1S/C29H27N5O3/c1-37-23-14-12-22(13-15-23)34-28-24(27(31-34)25-6-2-4-17-30-25)16-19-33(29(28)36)21-10-8-20(9-11-21)32-18-5-3-7-26(32)35/h2,4,6,8-15,17H,3,5,7,16,18-19H2,1H3. The Kier molecular flexibility index (Phi) is 5.92. The van der Waals surface area contributed by atoms with E-state index in [1.807, 2.05) is 71.6 Å². The van der Waals surface area contributed by atoms with Crippen LogP contribution >= 0.6 is 0 Å². The lowest BCUT2D eigenvalue weighted by atomic mass is 10.0. The highest BCUT2D eigenvalue weighted by molar-refractivity contribution is 6.08. The third kappa shape index (κ3) is 4.14. The van der Waals surface area contributed by atoms with E-state index in [-0.39, 0.29) is 11.8 Å². The number of rotatable bonds is 5. The Morgan fingerprint density at radius 3 is 2.19 bits per heavy atom. The van der Waals surface area contributed by atoms with E-state index >= 15 is 0 Å². The van der Waals surface area contributed by atoms with Gasteiger partial charge in [-0.25, -0.2) is 4.68 Å². The lowest BCUT2D eigenvalue weighted by molar-refractivity contribution is -0.119. The second kappa shape index (κ2) is 9.54. The zero-order chi connectivity index (χ0) is 25.4. The molecule has 2 amide bonds. The molecule has 8 nitrogen and oxygen atoms in total. The summed E-state index contributed by atoms with van der Waals surface area (Å²) < 4.78 is 7.03. The summed E-state index contributed by atoms with van der Waals surface area (Å²) in [5.74, 6) is 0.770. The number of anilines is 2. The second-order valence-electron chi connectivity index (χ2n) is 9.23. The number of aromatic nitrogens is 3. The first kappa shape index (κ1) is 23.0. The van der Waals surface area contributed by atoms with Crippen molar-refractivity contribution in [2.75, 3.05) is 30.0 Å². The van der Waals surface area contributed by atoms with Gasteiger partial charge in [0.05, 0.1) is 18.5 Å². The lowest BCUT2D eigenvalue weighted by Gasteiger charge is -2.29. The maximum absolute atomic E-state index is 14.0. The van der Waals surface area contributed by atoms with Gasteiger partial charge in [0.2, 0.25) is 5.91 Å². The summed E-state index contributed by atoms with van der Waals surface area (Å²) in [5, 5.41) is 4.87. The van der Waals surface area contributed by atoms with Gasteiger partial charge in [-0.15, -0.1) is 0 Å². The molecule has 0 unspecified atom stereocenters. The fourth-order valence-corrected chi connectivity index (χ4v) is 5.12. The van der Waals surface area contributed by atoms with Crippen LogP contribution in [0, 0.1) is 0 Å². The average molecular weight is 494 g/mol.